The van der Waals surface area contributed by atoms with E-state index in [4.69, 9.17) is 5.73 Å². The average molecular weight is 258 g/mol. The van der Waals surface area contributed by atoms with Crippen molar-refractivity contribution in [3.8, 4) is 0 Å². The van der Waals surface area contributed by atoms with Gasteiger partial charge in [0.1, 0.15) is 5.82 Å². The number of hydrogen-bond acceptors (Lipinski definition) is 3. The molecule has 100 valence electrons. The Bertz CT molecular complexity index is 603. The number of rotatable bonds is 3. The highest BCUT2D eigenvalue weighted by Gasteiger charge is 2.14. The first kappa shape index (κ1) is 13.1. The smallest absolute Gasteiger partial charge is 0.254 e. The minimum atomic E-state index is -0.0605. The highest BCUT2D eigenvalue weighted by molar-refractivity contribution is 5.95. The lowest BCUT2D eigenvalue weighted by Crippen LogP contribution is -2.27. The molecule has 0 spiro atoms. The van der Waals surface area contributed by atoms with Crippen molar-refractivity contribution in [2.45, 2.75) is 13.5 Å². The number of carbonyl (C=O) groups excluding carboxylic acids is 1. The molecule has 1 aromatic carbocycles. The highest BCUT2D eigenvalue weighted by atomic mass is 16.2. The van der Waals surface area contributed by atoms with Crippen molar-refractivity contribution in [2.75, 3.05) is 12.8 Å². The number of anilines is 1. The van der Waals surface area contributed by atoms with Gasteiger partial charge < -0.3 is 15.2 Å². The second-order valence-corrected chi connectivity index (χ2v) is 4.69. The first-order chi connectivity index (χ1) is 8.99. The van der Waals surface area contributed by atoms with Crippen LogP contribution in [0.3, 0.4) is 0 Å². The van der Waals surface area contributed by atoms with Gasteiger partial charge in [0, 0.05) is 37.7 Å². The summed E-state index contributed by atoms with van der Waals surface area (Å²) < 4.78 is 1.90. The Hall–Kier alpha value is -2.30. The van der Waals surface area contributed by atoms with Crippen molar-refractivity contribution in [1.29, 1.82) is 0 Å². The molecular formula is C14H18N4O. The van der Waals surface area contributed by atoms with Crippen molar-refractivity contribution in [3.05, 3.63) is 47.5 Å². The number of hydrogen-bond donors (Lipinski definition) is 1. The molecule has 0 radical (unpaired) electrons. The number of nitrogens with zero attached hydrogens (tertiary/aromatic N) is 3. The summed E-state index contributed by atoms with van der Waals surface area (Å²) in [5, 5.41) is 0. The number of imidazole rings is 1. The SMILES string of the molecule is Cc1ccc(C(=O)N(C)Cc2nccn2C)cc1N. The van der Waals surface area contributed by atoms with Crippen molar-refractivity contribution in [2.24, 2.45) is 7.05 Å². The number of carbonyl (C=O) groups is 1. The van der Waals surface area contributed by atoms with Crippen LogP contribution in [0.5, 0.6) is 0 Å². The van der Waals surface area contributed by atoms with Crippen molar-refractivity contribution in [3.63, 3.8) is 0 Å². The average Bonchev–Trinajstić information content (AvgIpc) is 2.77. The van der Waals surface area contributed by atoms with Crippen LogP contribution in [0.2, 0.25) is 0 Å². The van der Waals surface area contributed by atoms with Crippen molar-refractivity contribution in [1.82, 2.24) is 14.5 Å². The largest absolute Gasteiger partial charge is 0.398 e. The van der Waals surface area contributed by atoms with E-state index in [2.05, 4.69) is 4.98 Å². The Balaban J connectivity index is 2.15. The Labute approximate surface area is 112 Å². The Kier molecular flexibility index (Phi) is 3.55. The third-order valence-electron chi connectivity index (χ3n) is 3.17. The summed E-state index contributed by atoms with van der Waals surface area (Å²) in [6.45, 7) is 2.39. The molecule has 0 unspecified atom stereocenters. The topological polar surface area (TPSA) is 64.2 Å². The fraction of sp³-hybridized carbons (Fsp3) is 0.286. The third-order valence-corrected chi connectivity index (χ3v) is 3.17. The summed E-state index contributed by atoms with van der Waals surface area (Å²) in [7, 11) is 3.66. The summed E-state index contributed by atoms with van der Waals surface area (Å²) in [6.07, 6.45) is 3.58. The zero-order valence-corrected chi connectivity index (χ0v) is 11.4. The first-order valence-corrected chi connectivity index (χ1v) is 6.07. The molecule has 0 bridgehead atoms. The van der Waals surface area contributed by atoms with Crippen LogP contribution in [-0.2, 0) is 13.6 Å². The quantitative estimate of drug-likeness (QED) is 0.850. The Morgan fingerprint density at radius 3 is 2.79 bits per heavy atom. The van der Waals surface area contributed by atoms with Gasteiger partial charge in [-0.15, -0.1) is 0 Å². The van der Waals surface area contributed by atoms with E-state index in [-0.39, 0.29) is 5.91 Å². The molecule has 2 N–H and O–H groups in total. The van der Waals surface area contributed by atoms with Gasteiger partial charge >= 0.3 is 0 Å². The molecule has 1 amide bonds. The Morgan fingerprint density at radius 2 is 2.21 bits per heavy atom. The van der Waals surface area contributed by atoms with Crippen LogP contribution in [0, 0.1) is 6.92 Å². The van der Waals surface area contributed by atoms with Crippen LogP contribution in [0.1, 0.15) is 21.7 Å². The van der Waals surface area contributed by atoms with Gasteiger partial charge in [-0.1, -0.05) is 6.07 Å². The molecule has 0 aliphatic rings. The lowest BCUT2D eigenvalue weighted by atomic mass is 10.1. The summed E-state index contributed by atoms with van der Waals surface area (Å²) in [5.74, 6) is 0.783. The van der Waals surface area contributed by atoms with Gasteiger partial charge in [-0.25, -0.2) is 4.98 Å². The molecule has 19 heavy (non-hydrogen) atoms. The van der Waals surface area contributed by atoms with Gasteiger partial charge in [0.25, 0.3) is 5.91 Å². The zero-order chi connectivity index (χ0) is 14.0. The van der Waals surface area contributed by atoms with E-state index in [1.165, 1.54) is 0 Å². The van der Waals surface area contributed by atoms with Gasteiger partial charge in [-0.05, 0) is 24.6 Å². The van der Waals surface area contributed by atoms with Gasteiger partial charge in [-0.2, -0.15) is 0 Å². The molecular weight excluding hydrogens is 240 g/mol. The number of nitrogen functional groups attached to an aromatic ring is 1. The van der Waals surface area contributed by atoms with Crippen molar-refractivity contribution < 1.29 is 4.79 Å². The maximum atomic E-state index is 12.3. The second kappa shape index (κ2) is 5.14. The maximum absolute atomic E-state index is 12.3. The van der Waals surface area contributed by atoms with Gasteiger partial charge in [0.15, 0.2) is 0 Å². The number of aryl methyl sites for hydroxylation is 2. The predicted molar refractivity (Wildman–Crippen MR) is 74.6 cm³/mol. The minimum Gasteiger partial charge on any atom is -0.398 e. The number of benzene rings is 1. The van der Waals surface area contributed by atoms with Crippen LogP contribution in [0.4, 0.5) is 5.69 Å². The van der Waals surface area contributed by atoms with Crippen LogP contribution in [0.25, 0.3) is 0 Å². The van der Waals surface area contributed by atoms with Gasteiger partial charge in [-0.3, -0.25) is 4.79 Å². The van der Waals surface area contributed by atoms with Crippen molar-refractivity contribution >= 4 is 11.6 Å². The molecule has 2 aromatic rings. The van der Waals surface area contributed by atoms with E-state index in [1.54, 1.807) is 30.3 Å². The van der Waals surface area contributed by atoms with E-state index in [0.29, 0.717) is 17.8 Å². The molecule has 1 aromatic heterocycles. The summed E-state index contributed by atoms with van der Waals surface area (Å²) >= 11 is 0. The lowest BCUT2D eigenvalue weighted by molar-refractivity contribution is 0.0780. The molecule has 5 nitrogen and oxygen atoms in total. The molecule has 5 heteroatoms. The summed E-state index contributed by atoms with van der Waals surface area (Å²) in [5.41, 5.74) is 8.04. The molecule has 2 rings (SSSR count). The van der Waals surface area contributed by atoms with Gasteiger partial charge in [0.05, 0.1) is 6.54 Å². The first-order valence-electron chi connectivity index (χ1n) is 6.07. The standard InChI is InChI=1S/C14H18N4O/c1-10-4-5-11(8-12(10)15)14(19)18(3)9-13-16-6-7-17(13)2/h4-8H,9,15H2,1-3H3. The van der Waals surface area contributed by atoms with E-state index >= 15 is 0 Å². The zero-order valence-electron chi connectivity index (χ0n) is 11.4. The second-order valence-electron chi connectivity index (χ2n) is 4.69. The molecule has 0 saturated carbocycles. The lowest BCUT2D eigenvalue weighted by Gasteiger charge is -2.17. The van der Waals surface area contributed by atoms with Crippen LogP contribution >= 0.6 is 0 Å². The van der Waals surface area contributed by atoms with Gasteiger partial charge in [0.2, 0.25) is 0 Å². The van der Waals surface area contributed by atoms with Crippen LogP contribution in [-0.4, -0.2) is 27.4 Å². The molecule has 0 fully saturated rings. The maximum Gasteiger partial charge on any atom is 0.254 e. The number of aromatic nitrogens is 2. The molecule has 0 atom stereocenters. The van der Waals surface area contributed by atoms with E-state index < -0.39 is 0 Å². The van der Waals surface area contributed by atoms with Crippen LogP contribution in [0.15, 0.2) is 30.6 Å². The molecule has 0 aliphatic heterocycles. The molecule has 0 aliphatic carbocycles. The number of nitrogens with two attached hydrogens (primary N) is 1. The molecule has 1 heterocycles. The summed E-state index contributed by atoms with van der Waals surface area (Å²) in [6, 6.07) is 5.37. The monoisotopic (exact) mass is 258 g/mol. The fourth-order valence-corrected chi connectivity index (χ4v) is 1.83. The minimum absolute atomic E-state index is 0.0605. The predicted octanol–water partition coefficient (Wildman–Crippen LogP) is 1.58. The van der Waals surface area contributed by atoms with E-state index in [1.807, 2.05) is 30.8 Å². The van der Waals surface area contributed by atoms with E-state index in [9.17, 15) is 4.79 Å². The Morgan fingerprint density at radius 1 is 1.47 bits per heavy atom. The molecule has 0 saturated heterocycles. The van der Waals surface area contributed by atoms with Crippen LogP contribution < -0.4 is 5.73 Å². The third kappa shape index (κ3) is 2.76. The summed E-state index contributed by atoms with van der Waals surface area (Å²) in [4.78, 5) is 18.1. The van der Waals surface area contributed by atoms with E-state index in [0.717, 1.165) is 11.4 Å². The number of amides is 1. The highest BCUT2D eigenvalue weighted by Crippen LogP contribution is 2.15. The fourth-order valence-electron chi connectivity index (χ4n) is 1.83. The normalized spacial score (nSPS) is 10.5.